The van der Waals surface area contributed by atoms with Gasteiger partial charge in [0.25, 0.3) is 0 Å². The van der Waals surface area contributed by atoms with Crippen molar-refractivity contribution in [2.45, 2.75) is 81.9 Å². The maximum absolute atomic E-state index is 13.0. The number of methoxy groups -OCH3 is 2. The molecule has 10 aromatic rings. The highest BCUT2D eigenvalue weighted by Crippen LogP contribution is 2.31. The molecule has 109 heavy (non-hydrogen) atoms. The quantitative estimate of drug-likeness (QED) is 0.0114. The Kier molecular flexibility index (Phi) is 31.3. The Morgan fingerprint density at radius 3 is 1.02 bits per heavy atom. The van der Waals surface area contributed by atoms with Crippen LogP contribution in [0.15, 0.2) is 251 Å². The van der Waals surface area contributed by atoms with E-state index in [2.05, 4.69) is 16.3 Å². The first-order valence-corrected chi connectivity index (χ1v) is 36.9. The highest BCUT2D eigenvalue weighted by Gasteiger charge is 2.21. The molecule has 0 aliphatic heterocycles. The number of carbonyl (C=O) groups excluding carboxylic acids is 4. The molecule has 22 nitrogen and oxygen atoms in total. The Balaban J connectivity index is 0.000000251. The number of carbonyl (C=O) groups is 4. The van der Waals surface area contributed by atoms with Crippen molar-refractivity contribution in [3.63, 3.8) is 0 Å². The topological polar surface area (TPSA) is 271 Å². The van der Waals surface area contributed by atoms with Crippen molar-refractivity contribution in [2.24, 2.45) is 10.2 Å². The van der Waals surface area contributed by atoms with Crippen LogP contribution in [-0.4, -0.2) is 99.7 Å². The third-order valence-electron chi connectivity index (χ3n) is 16.2. The van der Waals surface area contributed by atoms with E-state index >= 15 is 0 Å². The predicted molar refractivity (Wildman–Crippen MR) is 408 cm³/mol. The number of hydrogen-bond donors (Lipinski definition) is 0. The van der Waals surface area contributed by atoms with Crippen molar-refractivity contribution in [3.05, 3.63) is 264 Å². The molecule has 0 radical (unpaired) electrons. The molecule has 0 aliphatic carbocycles. The zero-order chi connectivity index (χ0) is 77.0. The third kappa shape index (κ3) is 26.1. The SMILES string of the molecule is CCOc1ccc(Oc2ccc(OCOC(=O)c3cc(OCCCCCCOc4ccc(N=Nc5ccc(C)cc5)cc4)cc(C(=O)OC)c3)cc2)cc1.CCOc1ccc(S(=O)(=O)c2ccc(OCOC(=O)c3cc(OCCCCCCOc4ccc(-c5ccc(C#N)cc5)cc4)cc(C(=O)OC)c3)cc2)cc1. The molecule has 0 amide bonds. The van der Waals surface area contributed by atoms with E-state index < -0.39 is 40.5 Å². The van der Waals surface area contributed by atoms with Gasteiger partial charge >= 0.3 is 23.9 Å². The van der Waals surface area contributed by atoms with E-state index in [9.17, 15) is 27.6 Å². The molecule has 0 aliphatic rings. The third-order valence-corrected chi connectivity index (χ3v) is 18.0. The lowest BCUT2D eigenvalue weighted by Crippen LogP contribution is -2.13. The zero-order valence-electron chi connectivity index (χ0n) is 61.3. The van der Waals surface area contributed by atoms with Gasteiger partial charge in [-0.3, -0.25) is 0 Å². The van der Waals surface area contributed by atoms with Gasteiger partial charge in [-0.15, -0.1) is 0 Å². The number of hydrogen-bond acceptors (Lipinski definition) is 22. The summed E-state index contributed by atoms with van der Waals surface area (Å²) in [7, 11) is -1.25. The monoisotopic (exact) mass is 1500 g/mol. The van der Waals surface area contributed by atoms with Crippen LogP contribution >= 0.6 is 0 Å². The van der Waals surface area contributed by atoms with E-state index in [0.29, 0.717) is 79.7 Å². The second-order valence-electron chi connectivity index (χ2n) is 24.2. The highest BCUT2D eigenvalue weighted by molar-refractivity contribution is 7.91. The number of nitrogens with zero attached hydrogens (tertiary/aromatic N) is 3. The van der Waals surface area contributed by atoms with Gasteiger partial charge in [0.05, 0.1) is 109 Å². The number of azo groups is 1. The van der Waals surface area contributed by atoms with Crippen LogP contribution in [0.3, 0.4) is 0 Å². The van der Waals surface area contributed by atoms with E-state index in [4.69, 9.17) is 66.8 Å². The lowest BCUT2D eigenvalue weighted by atomic mass is 10.0. The number of unbranched alkanes of at least 4 members (excludes halogenated alkanes) is 6. The fourth-order valence-electron chi connectivity index (χ4n) is 10.5. The highest BCUT2D eigenvalue weighted by atomic mass is 32.2. The minimum atomic E-state index is -3.77. The minimum absolute atomic E-state index is 0.0698. The van der Waals surface area contributed by atoms with Crippen LogP contribution in [0.5, 0.6) is 57.5 Å². The van der Waals surface area contributed by atoms with Gasteiger partial charge in [-0.2, -0.15) is 15.5 Å². The van der Waals surface area contributed by atoms with Gasteiger partial charge in [0.2, 0.25) is 23.4 Å². The lowest BCUT2D eigenvalue weighted by Gasteiger charge is -2.12. The molecule has 0 heterocycles. The fraction of sp³-hybridized carbons (Fsp3) is 0.244. The Morgan fingerprint density at radius 1 is 0.349 bits per heavy atom. The standard InChI is InChI=1S/C43H44N2O9.C43H41NO10S/c1-4-49-36-17-21-39(22-18-36)54-40-23-19-38(20-24-40)52-30-53-43(47)33-27-32(42(46)48-3)28-41(29-33)51-26-8-6-5-7-25-50-37-15-13-35(14-16-37)45-44-34-11-9-31(2)10-12-34;1-3-50-36-16-20-40(21-17-36)55(47,48)41-22-18-38(19-23-41)53-30-54-43(46)35-26-34(42(45)49-2)27-39(28-35)52-25-7-5-4-6-24-51-37-14-12-33(13-15-37)32-10-8-31(29-44)9-11-32/h9-24,27-29H,4-8,25-26,30H2,1-3H3;8-23,26-28H,3-7,24-25,30H2,1-2H3. The van der Waals surface area contributed by atoms with Crippen LogP contribution in [0.25, 0.3) is 11.1 Å². The molecule has 0 bridgehead atoms. The van der Waals surface area contributed by atoms with Crippen molar-refractivity contribution in [3.8, 4) is 74.7 Å². The van der Waals surface area contributed by atoms with E-state index in [-0.39, 0.29) is 44.6 Å². The predicted octanol–water partition coefficient (Wildman–Crippen LogP) is 19.1. The summed E-state index contributed by atoms with van der Waals surface area (Å²) in [6, 6.07) is 67.7. The first-order valence-electron chi connectivity index (χ1n) is 35.4. The molecular weight excluding hydrogens is 1410 g/mol. The molecule has 564 valence electrons. The zero-order valence-corrected chi connectivity index (χ0v) is 62.1. The van der Waals surface area contributed by atoms with Gasteiger partial charge in [0, 0.05) is 0 Å². The minimum Gasteiger partial charge on any atom is -0.494 e. The Bertz CT molecular complexity index is 4730. The number of sulfone groups is 1. The first kappa shape index (κ1) is 80.4. The summed E-state index contributed by atoms with van der Waals surface area (Å²) < 4.78 is 97.7. The second-order valence-corrected chi connectivity index (χ2v) is 26.1. The van der Waals surface area contributed by atoms with E-state index in [1.807, 2.05) is 130 Å². The number of rotatable bonds is 39. The van der Waals surface area contributed by atoms with Gasteiger partial charge in [-0.1, -0.05) is 42.0 Å². The van der Waals surface area contributed by atoms with Gasteiger partial charge in [0.15, 0.2) is 0 Å². The average molecular weight is 1500 g/mol. The van der Waals surface area contributed by atoms with Crippen LogP contribution in [0.2, 0.25) is 0 Å². The van der Waals surface area contributed by atoms with Crippen LogP contribution < -0.4 is 42.6 Å². The van der Waals surface area contributed by atoms with Crippen LogP contribution in [-0.2, 0) is 28.8 Å². The Hall–Kier alpha value is -12.7. The summed E-state index contributed by atoms with van der Waals surface area (Å²) in [5.41, 5.74) is 5.94. The lowest BCUT2D eigenvalue weighted by molar-refractivity contribution is 0.0143. The van der Waals surface area contributed by atoms with E-state index in [0.717, 1.165) is 91.1 Å². The summed E-state index contributed by atoms with van der Waals surface area (Å²) in [4.78, 5) is 50.7. The van der Waals surface area contributed by atoms with Gasteiger partial charge in [0.1, 0.15) is 57.5 Å². The largest absolute Gasteiger partial charge is 0.494 e. The number of nitriles is 1. The van der Waals surface area contributed by atoms with Gasteiger partial charge < -0.3 is 61.6 Å². The summed E-state index contributed by atoms with van der Waals surface area (Å²) >= 11 is 0. The van der Waals surface area contributed by atoms with Crippen molar-refractivity contribution in [1.29, 1.82) is 5.26 Å². The second kappa shape index (κ2) is 42.5. The molecule has 23 heteroatoms. The maximum atomic E-state index is 13.0. The fourth-order valence-corrected chi connectivity index (χ4v) is 11.7. The molecule has 0 fully saturated rings. The molecular formula is C86H85N3O19S. The maximum Gasteiger partial charge on any atom is 0.341 e. The van der Waals surface area contributed by atoms with Crippen molar-refractivity contribution >= 4 is 45.1 Å². The summed E-state index contributed by atoms with van der Waals surface area (Å²) in [5, 5.41) is 17.5. The normalized spacial score (nSPS) is 10.8. The van der Waals surface area contributed by atoms with Gasteiger partial charge in [-0.05, 0) is 277 Å². The van der Waals surface area contributed by atoms with E-state index in [1.165, 1.54) is 86.5 Å². The van der Waals surface area contributed by atoms with Crippen LogP contribution in [0.4, 0.5) is 11.4 Å². The molecule has 0 saturated heterocycles. The Morgan fingerprint density at radius 2 is 0.651 bits per heavy atom. The van der Waals surface area contributed by atoms with Gasteiger partial charge in [-0.25, -0.2) is 27.6 Å². The molecule has 10 rings (SSSR count). The van der Waals surface area contributed by atoms with Crippen molar-refractivity contribution < 1.29 is 89.2 Å². The molecule has 0 unspecified atom stereocenters. The molecule has 0 aromatic heterocycles. The molecule has 0 N–H and O–H groups in total. The molecule has 10 aromatic carbocycles. The average Bonchev–Trinajstić information content (AvgIpc) is 0.806. The smallest absolute Gasteiger partial charge is 0.341 e. The Labute approximate surface area is 634 Å². The molecule has 0 saturated carbocycles. The van der Waals surface area contributed by atoms with Crippen LogP contribution in [0, 0.1) is 18.3 Å². The number of ether oxygens (including phenoxy) is 13. The number of esters is 4. The van der Waals surface area contributed by atoms with Crippen molar-refractivity contribution in [2.75, 3.05) is 67.4 Å². The summed E-state index contributed by atoms with van der Waals surface area (Å²) in [6.07, 6.45) is 6.94. The number of aryl methyl sites for hydroxylation is 1. The number of benzene rings is 10. The molecule has 0 spiro atoms. The summed E-state index contributed by atoms with van der Waals surface area (Å²) in [5.74, 6) is 2.95. The summed E-state index contributed by atoms with van der Waals surface area (Å²) in [6.45, 7) is 8.00. The van der Waals surface area contributed by atoms with E-state index in [1.54, 1.807) is 54.6 Å². The van der Waals surface area contributed by atoms with Crippen molar-refractivity contribution in [1.82, 2.24) is 0 Å². The first-order chi connectivity index (χ1) is 53.1. The molecule has 0 atom stereocenters. The van der Waals surface area contributed by atoms with Crippen LogP contribution in [0.1, 0.15) is 118 Å².